The number of carbonyl (C=O) groups is 1. The first kappa shape index (κ1) is 18.1. The maximum absolute atomic E-state index is 13.2. The van der Waals surface area contributed by atoms with Gasteiger partial charge in [-0.05, 0) is 44.7 Å². The number of nitrogens with one attached hydrogen (secondary N) is 2. The van der Waals surface area contributed by atoms with Gasteiger partial charge in [0.15, 0.2) is 0 Å². The van der Waals surface area contributed by atoms with E-state index in [2.05, 4.69) is 49.7 Å². The van der Waals surface area contributed by atoms with Gasteiger partial charge in [-0.1, -0.05) is 13.0 Å². The Bertz CT molecular complexity index is 792. The molecular formula is C20H28N6O. The fourth-order valence-electron chi connectivity index (χ4n) is 5.03. The Labute approximate surface area is 159 Å². The molecule has 0 spiro atoms. The summed E-state index contributed by atoms with van der Waals surface area (Å²) < 4.78 is 0. The molecule has 2 N–H and O–H groups in total. The molecule has 2 aromatic rings. The fourth-order valence-corrected chi connectivity index (χ4v) is 5.03. The molecule has 2 aliphatic heterocycles. The van der Waals surface area contributed by atoms with E-state index < -0.39 is 0 Å². The minimum atomic E-state index is -0.281. The summed E-state index contributed by atoms with van der Waals surface area (Å²) in [7, 11) is 0. The molecule has 0 radical (unpaired) electrons. The van der Waals surface area contributed by atoms with E-state index in [-0.39, 0.29) is 11.3 Å². The zero-order valence-electron chi connectivity index (χ0n) is 16.1. The fraction of sp³-hybridized carbons (Fsp3) is 0.600. The Morgan fingerprint density at radius 2 is 2.26 bits per heavy atom. The van der Waals surface area contributed by atoms with Crippen LogP contribution in [0.1, 0.15) is 49.7 Å². The van der Waals surface area contributed by atoms with Crippen molar-refractivity contribution in [3.05, 3.63) is 41.5 Å². The van der Waals surface area contributed by atoms with E-state index in [1.807, 2.05) is 13.0 Å². The topological polar surface area (TPSA) is 86.8 Å². The van der Waals surface area contributed by atoms with Crippen molar-refractivity contribution in [2.75, 3.05) is 6.54 Å². The summed E-state index contributed by atoms with van der Waals surface area (Å²) in [5.41, 5.74) is 2.74. The average molecular weight is 368 g/mol. The van der Waals surface area contributed by atoms with E-state index >= 15 is 0 Å². The zero-order valence-corrected chi connectivity index (χ0v) is 16.1. The van der Waals surface area contributed by atoms with Crippen LogP contribution in [0.3, 0.4) is 0 Å². The highest BCUT2D eigenvalue weighted by atomic mass is 16.2. The van der Waals surface area contributed by atoms with Gasteiger partial charge in [-0.3, -0.25) is 14.7 Å². The van der Waals surface area contributed by atoms with Crippen molar-refractivity contribution in [1.29, 1.82) is 0 Å². The standard InChI is InChI=1S/C20H28N6O/c1-3-20(19(27)21-10-9-15-12-22-25-24-15)11-17-7-8-18(20)26(17)13-16-6-4-5-14(2)23-16/h4-6,12,17-18H,3,7-11,13H2,1-2H3,(H,21,27)(H,22,24,25)/t17-,18+,20+/m0/s1. The van der Waals surface area contributed by atoms with Crippen LogP contribution in [-0.2, 0) is 17.8 Å². The molecule has 2 aromatic heterocycles. The third-order valence-corrected chi connectivity index (χ3v) is 6.39. The van der Waals surface area contributed by atoms with Crippen LogP contribution in [0, 0.1) is 12.3 Å². The van der Waals surface area contributed by atoms with Gasteiger partial charge in [0.2, 0.25) is 5.91 Å². The summed E-state index contributed by atoms with van der Waals surface area (Å²) in [6.07, 6.45) is 6.52. The van der Waals surface area contributed by atoms with Crippen LogP contribution < -0.4 is 5.32 Å². The van der Waals surface area contributed by atoms with Crippen LogP contribution in [0.2, 0.25) is 0 Å². The lowest BCUT2D eigenvalue weighted by Crippen LogP contribution is -2.49. The number of aromatic amines is 1. The summed E-state index contributed by atoms with van der Waals surface area (Å²) in [4.78, 5) is 20.4. The molecule has 0 aromatic carbocycles. The molecule has 2 fully saturated rings. The highest BCUT2D eigenvalue weighted by Gasteiger charge is 2.58. The second-order valence-corrected chi connectivity index (χ2v) is 7.87. The molecule has 27 heavy (non-hydrogen) atoms. The molecule has 7 nitrogen and oxygen atoms in total. The lowest BCUT2D eigenvalue weighted by atomic mass is 9.71. The summed E-state index contributed by atoms with van der Waals surface area (Å²) in [5, 5.41) is 13.6. The van der Waals surface area contributed by atoms with Crippen molar-refractivity contribution in [2.45, 2.75) is 64.6 Å². The molecule has 1 amide bonds. The van der Waals surface area contributed by atoms with Crippen molar-refractivity contribution in [3.8, 4) is 0 Å². The van der Waals surface area contributed by atoms with Gasteiger partial charge >= 0.3 is 0 Å². The molecule has 2 bridgehead atoms. The van der Waals surface area contributed by atoms with Gasteiger partial charge in [0.25, 0.3) is 0 Å². The number of pyridine rings is 1. The first-order chi connectivity index (χ1) is 13.1. The Balaban J connectivity index is 1.44. The SMILES string of the molecule is CC[C@@]1(C(=O)NCCc2cn[nH]n2)C[C@@H]2CC[C@H]1N2Cc1cccc(C)n1. The van der Waals surface area contributed by atoms with Crippen molar-refractivity contribution in [3.63, 3.8) is 0 Å². The molecule has 2 aliphatic rings. The molecule has 4 heterocycles. The van der Waals surface area contributed by atoms with Crippen molar-refractivity contribution < 1.29 is 4.79 Å². The van der Waals surface area contributed by atoms with Crippen LogP contribution in [0.15, 0.2) is 24.4 Å². The molecule has 4 rings (SSSR count). The number of H-pyrrole nitrogens is 1. The minimum Gasteiger partial charge on any atom is -0.355 e. The smallest absolute Gasteiger partial charge is 0.227 e. The van der Waals surface area contributed by atoms with Crippen LogP contribution in [0.4, 0.5) is 0 Å². The first-order valence-electron chi connectivity index (χ1n) is 9.93. The normalized spacial score (nSPS) is 27.2. The van der Waals surface area contributed by atoms with Gasteiger partial charge in [-0.25, -0.2) is 0 Å². The number of hydrogen-bond donors (Lipinski definition) is 2. The number of hydrogen-bond acceptors (Lipinski definition) is 5. The van der Waals surface area contributed by atoms with Crippen LogP contribution >= 0.6 is 0 Å². The third-order valence-electron chi connectivity index (χ3n) is 6.39. The van der Waals surface area contributed by atoms with Crippen LogP contribution in [0.25, 0.3) is 0 Å². The highest BCUT2D eigenvalue weighted by molar-refractivity contribution is 5.84. The monoisotopic (exact) mass is 368 g/mol. The molecule has 0 saturated carbocycles. The number of carbonyl (C=O) groups excluding carboxylic acids is 1. The molecule has 2 saturated heterocycles. The molecule has 144 valence electrons. The quantitative estimate of drug-likeness (QED) is 0.781. The predicted molar refractivity (Wildman–Crippen MR) is 102 cm³/mol. The maximum atomic E-state index is 13.2. The average Bonchev–Trinajstić information content (AvgIpc) is 3.38. The summed E-state index contributed by atoms with van der Waals surface area (Å²) in [6, 6.07) is 6.98. The van der Waals surface area contributed by atoms with E-state index in [9.17, 15) is 4.79 Å². The predicted octanol–water partition coefficient (Wildman–Crippen LogP) is 2.00. The van der Waals surface area contributed by atoms with E-state index in [1.54, 1.807) is 6.20 Å². The Morgan fingerprint density at radius 1 is 1.37 bits per heavy atom. The van der Waals surface area contributed by atoms with Crippen LogP contribution in [0.5, 0.6) is 0 Å². The summed E-state index contributed by atoms with van der Waals surface area (Å²) >= 11 is 0. The van der Waals surface area contributed by atoms with Gasteiger partial charge < -0.3 is 5.32 Å². The minimum absolute atomic E-state index is 0.197. The molecule has 7 heteroatoms. The van der Waals surface area contributed by atoms with Gasteiger partial charge in [-0.15, -0.1) is 0 Å². The van der Waals surface area contributed by atoms with Gasteiger partial charge in [0, 0.05) is 37.3 Å². The third kappa shape index (κ3) is 3.36. The number of nitrogens with zero attached hydrogens (tertiary/aromatic N) is 4. The summed E-state index contributed by atoms with van der Waals surface area (Å²) in [6.45, 7) is 5.62. The van der Waals surface area contributed by atoms with Crippen LogP contribution in [-0.4, -0.2) is 49.8 Å². The molecule has 0 aliphatic carbocycles. The number of aryl methyl sites for hydroxylation is 1. The van der Waals surface area contributed by atoms with E-state index in [1.165, 1.54) is 6.42 Å². The van der Waals surface area contributed by atoms with Crippen molar-refractivity contribution in [2.24, 2.45) is 5.41 Å². The van der Waals surface area contributed by atoms with Gasteiger partial charge in [0.05, 0.1) is 23.0 Å². The number of rotatable bonds is 7. The van der Waals surface area contributed by atoms with Crippen molar-refractivity contribution in [1.82, 2.24) is 30.6 Å². The Kier molecular flexibility index (Phi) is 4.95. The zero-order chi connectivity index (χ0) is 18.9. The lowest BCUT2D eigenvalue weighted by Gasteiger charge is -2.35. The number of amides is 1. The number of fused-ring (bicyclic) bond motifs is 2. The van der Waals surface area contributed by atoms with Gasteiger partial charge in [-0.2, -0.15) is 15.4 Å². The lowest BCUT2D eigenvalue weighted by molar-refractivity contribution is -0.133. The second kappa shape index (κ2) is 7.38. The van der Waals surface area contributed by atoms with E-state index in [0.29, 0.717) is 25.0 Å². The van der Waals surface area contributed by atoms with E-state index in [0.717, 1.165) is 42.9 Å². The Morgan fingerprint density at radius 3 is 3.00 bits per heavy atom. The molecule has 0 unspecified atom stereocenters. The molecule has 3 atom stereocenters. The van der Waals surface area contributed by atoms with Gasteiger partial charge in [0.1, 0.15) is 0 Å². The Hall–Kier alpha value is -2.28. The maximum Gasteiger partial charge on any atom is 0.227 e. The number of aromatic nitrogens is 4. The van der Waals surface area contributed by atoms with E-state index in [4.69, 9.17) is 0 Å². The molecular weight excluding hydrogens is 340 g/mol. The highest BCUT2D eigenvalue weighted by Crippen LogP contribution is 2.52. The largest absolute Gasteiger partial charge is 0.355 e. The summed E-state index contributed by atoms with van der Waals surface area (Å²) in [5.74, 6) is 0.197. The second-order valence-electron chi connectivity index (χ2n) is 7.87. The first-order valence-corrected chi connectivity index (χ1v) is 9.93. The van der Waals surface area contributed by atoms with Crippen molar-refractivity contribution >= 4 is 5.91 Å².